The van der Waals surface area contributed by atoms with Crippen LogP contribution in [0.1, 0.15) is 28.1 Å². The first-order valence-electron chi connectivity index (χ1n) is 9.59. The number of hydrogen-bond donors (Lipinski definition) is 2. The van der Waals surface area contributed by atoms with E-state index in [9.17, 15) is 18.0 Å². The molecule has 0 aliphatic carbocycles. The Bertz CT molecular complexity index is 1210. The van der Waals surface area contributed by atoms with E-state index in [0.717, 1.165) is 54.1 Å². The van der Waals surface area contributed by atoms with E-state index in [2.05, 4.69) is 10.6 Å². The van der Waals surface area contributed by atoms with Gasteiger partial charge >= 0.3 is 6.18 Å². The Morgan fingerprint density at radius 3 is 2.50 bits per heavy atom. The van der Waals surface area contributed by atoms with Gasteiger partial charge in [-0.3, -0.25) is 10.1 Å². The Balaban J connectivity index is 1.57. The van der Waals surface area contributed by atoms with E-state index in [0.29, 0.717) is 16.1 Å². The summed E-state index contributed by atoms with van der Waals surface area (Å²) < 4.78 is 40.5. The molecule has 2 aromatic carbocycles. The second-order valence-corrected chi connectivity index (χ2v) is 9.49. The Morgan fingerprint density at radius 1 is 1.09 bits per heavy atom. The molecule has 1 aliphatic rings. The molecule has 1 saturated heterocycles. The molecule has 0 bridgehead atoms. The zero-order valence-electron chi connectivity index (χ0n) is 16.4. The van der Waals surface area contributed by atoms with Crippen LogP contribution < -0.4 is 15.5 Å². The predicted molar refractivity (Wildman–Crippen MR) is 128 cm³/mol. The maximum Gasteiger partial charge on any atom is 0.416 e. The highest BCUT2D eigenvalue weighted by Crippen LogP contribution is 2.38. The number of benzene rings is 2. The third kappa shape index (κ3) is 4.80. The van der Waals surface area contributed by atoms with Crippen LogP contribution in [0.25, 0.3) is 10.1 Å². The van der Waals surface area contributed by atoms with E-state index in [1.54, 1.807) is 18.2 Å². The number of carbonyl (C=O) groups is 1. The van der Waals surface area contributed by atoms with Crippen molar-refractivity contribution in [2.75, 3.05) is 23.3 Å². The molecule has 4 rings (SSSR count). The van der Waals surface area contributed by atoms with Crippen molar-refractivity contribution >= 4 is 79.2 Å². The molecule has 1 aromatic heterocycles. The number of carbonyl (C=O) groups excluding carboxylic acids is 1. The van der Waals surface area contributed by atoms with Crippen LogP contribution in [-0.4, -0.2) is 24.1 Å². The molecule has 32 heavy (non-hydrogen) atoms. The van der Waals surface area contributed by atoms with E-state index in [1.165, 1.54) is 6.07 Å². The fourth-order valence-corrected chi connectivity index (χ4v) is 5.44. The molecule has 11 heteroatoms. The maximum absolute atomic E-state index is 13.3. The van der Waals surface area contributed by atoms with E-state index in [4.69, 9.17) is 35.4 Å². The predicted octanol–water partition coefficient (Wildman–Crippen LogP) is 6.95. The zero-order chi connectivity index (χ0) is 23.0. The molecule has 2 heterocycles. The largest absolute Gasteiger partial charge is 0.416 e. The van der Waals surface area contributed by atoms with Crippen molar-refractivity contribution in [2.24, 2.45) is 0 Å². The average molecular weight is 518 g/mol. The minimum Gasteiger partial charge on any atom is -0.370 e. The standard InChI is InChI=1S/C21H16Cl2F3N3OS2/c22-12-4-5-13-16(10-12)32-18(17(13)23)19(30)28-20(31)27-14-9-11(21(24,25)26)3-6-15(14)29-7-1-2-8-29/h3-6,9-10H,1-2,7-8H2,(H2,27,28,30,31). The van der Waals surface area contributed by atoms with Crippen LogP contribution in [0.2, 0.25) is 10.0 Å². The smallest absolute Gasteiger partial charge is 0.370 e. The number of thiocarbonyl (C=S) groups is 1. The van der Waals surface area contributed by atoms with Crippen molar-refractivity contribution in [3.05, 3.63) is 56.9 Å². The normalized spacial score (nSPS) is 14.1. The summed E-state index contributed by atoms with van der Waals surface area (Å²) in [6, 6.07) is 8.56. The molecule has 0 saturated carbocycles. The number of nitrogens with one attached hydrogen (secondary N) is 2. The number of amides is 1. The zero-order valence-corrected chi connectivity index (χ0v) is 19.5. The highest BCUT2D eigenvalue weighted by Gasteiger charge is 2.32. The monoisotopic (exact) mass is 517 g/mol. The summed E-state index contributed by atoms with van der Waals surface area (Å²) in [6.07, 6.45) is -2.59. The van der Waals surface area contributed by atoms with Gasteiger partial charge < -0.3 is 10.2 Å². The lowest BCUT2D eigenvalue weighted by Crippen LogP contribution is -2.34. The molecule has 0 unspecified atom stereocenters. The SMILES string of the molecule is O=C(NC(=S)Nc1cc(C(F)(F)F)ccc1N1CCCC1)c1sc2cc(Cl)ccc2c1Cl. The maximum atomic E-state index is 13.3. The minimum absolute atomic E-state index is 0.124. The van der Waals surface area contributed by atoms with Gasteiger partial charge in [0.25, 0.3) is 5.91 Å². The lowest BCUT2D eigenvalue weighted by Gasteiger charge is -2.23. The molecule has 1 amide bonds. The van der Waals surface area contributed by atoms with Crippen LogP contribution in [0.15, 0.2) is 36.4 Å². The van der Waals surface area contributed by atoms with E-state index >= 15 is 0 Å². The van der Waals surface area contributed by atoms with Gasteiger partial charge in [-0.05, 0) is 55.4 Å². The van der Waals surface area contributed by atoms with Gasteiger partial charge in [0.05, 0.1) is 22.0 Å². The minimum atomic E-state index is -4.50. The lowest BCUT2D eigenvalue weighted by molar-refractivity contribution is -0.137. The van der Waals surface area contributed by atoms with Crippen molar-refractivity contribution in [1.29, 1.82) is 0 Å². The Morgan fingerprint density at radius 2 is 1.81 bits per heavy atom. The van der Waals surface area contributed by atoms with Crippen molar-refractivity contribution < 1.29 is 18.0 Å². The second-order valence-electron chi connectivity index (χ2n) is 7.22. The van der Waals surface area contributed by atoms with Crippen LogP contribution in [0.5, 0.6) is 0 Å². The third-order valence-electron chi connectivity index (χ3n) is 5.04. The van der Waals surface area contributed by atoms with E-state index in [1.807, 2.05) is 4.90 Å². The molecule has 0 atom stereocenters. The highest BCUT2D eigenvalue weighted by molar-refractivity contribution is 7.80. The number of alkyl halides is 3. The van der Waals surface area contributed by atoms with Gasteiger partial charge in [-0.1, -0.05) is 29.3 Å². The first-order valence-corrected chi connectivity index (χ1v) is 11.6. The number of anilines is 2. The van der Waals surface area contributed by atoms with Crippen LogP contribution >= 0.6 is 46.8 Å². The molecule has 0 spiro atoms. The van der Waals surface area contributed by atoms with Gasteiger partial charge in [-0.2, -0.15) is 13.2 Å². The fourth-order valence-electron chi connectivity index (χ4n) is 3.54. The van der Waals surface area contributed by atoms with Crippen LogP contribution in [0.3, 0.4) is 0 Å². The second kappa shape index (κ2) is 9.05. The quantitative estimate of drug-likeness (QED) is 0.368. The first kappa shape index (κ1) is 23.1. The molecule has 2 N–H and O–H groups in total. The van der Waals surface area contributed by atoms with Gasteiger partial charge in [-0.15, -0.1) is 11.3 Å². The van der Waals surface area contributed by atoms with Crippen molar-refractivity contribution in [2.45, 2.75) is 19.0 Å². The fraction of sp³-hybridized carbons (Fsp3) is 0.238. The summed E-state index contributed by atoms with van der Waals surface area (Å²) in [5.74, 6) is -0.556. The number of nitrogens with zero attached hydrogens (tertiary/aromatic N) is 1. The summed E-state index contributed by atoms with van der Waals surface area (Å²) in [4.78, 5) is 15.0. The Hall–Kier alpha value is -2.07. The molecule has 3 aromatic rings. The van der Waals surface area contributed by atoms with Gasteiger partial charge in [0.15, 0.2) is 5.11 Å². The van der Waals surface area contributed by atoms with Crippen molar-refractivity contribution in [3.63, 3.8) is 0 Å². The van der Waals surface area contributed by atoms with E-state index in [-0.39, 0.29) is 20.7 Å². The summed E-state index contributed by atoms with van der Waals surface area (Å²) in [5.41, 5.74) is -0.0237. The summed E-state index contributed by atoms with van der Waals surface area (Å²) in [6.45, 7) is 1.47. The van der Waals surface area contributed by atoms with Crippen LogP contribution in [0, 0.1) is 0 Å². The summed E-state index contributed by atoms with van der Waals surface area (Å²) in [5, 5.41) is 6.60. The van der Waals surface area contributed by atoms with Crippen LogP contribution in [0.4, 0.5) is 24.5 Å². The molecular formula is C21H16Cl2F3N3OS2. The molecule has 0 radical (unpaired) electrons. The number of rotatable bonds is 3. The lowest BCUT2D eigenvalue weighted by atomic mass is 10.1. The first-order chi connectivity index (χ1) is 15.1. The molecule has 4 nitrogen and oxygen atoms in total. The van der Waals surface area contributed by atoms with Gasteiger partial charge in [0.1, 0.15) is 4.88 Å². The van der Waals surface area contributed by atoms with Gasteiger partial charge in [-0.25, -0.2) is 0 Å². The summed E-state index contributed by atoms with van der Waals surface area (Å²) >= 11 is 18.7. The van der Waals surface area contributed by atoms with E-state index < -0.39 is 17.6 Å². The topological polar surface area (TPSA) is 44.4 Å². The van der Waals surface area contributed by atoms with Gasteiger partial charge in [0, 0.05) is 28.2 Å². The number of fused-ring (bicyclic) bond motifs is 1. The molecular weight excluding hydrogens is 502 g/mol. The number of halogens is 5. The average Bonchev–Trinajstić information content (AvgIpc) is 3.35. The number of thiophene rings is 1. The Labute approximate surface area is 201 Å². The Kier molecular flexibility index (Phi) is 6.53. The highest BCUT2D eigenvalue weighted by atomic mass is 35.5. The molecule has 1 aliphatic heterocycles. The third-order valence-corrected chi connectivity index (χ3v) is 7.14. The number of hydrogen-bond acceptors (Lipinski definition) is 4. The van der Waals surface area contributed by atoms with Gasteiger partial charge in [0.2, 0.25) is 0 Å². The molecule has 168 valence electrons. The summed E-state index contributed by atoms with van der Waals surface area (Å²) in [7, 11) is 0. The molecule has 1 fully saturated rings. The van der Waals surface area contributed by atoms with Crippen LogP contribution in [-0.2, 0) is 6.18 Å². The van der Waals surface area contributed by atoms with Crippen molar-refractivity contribution in [3.8, 4) is 0 Å². The van der Waals surface area contributed by atoms with Crippen molar-refractivity contribution in [1.82, 2.24) is 5.32 Å².